The smallest absolute Gasteiger partial charge is 0.193 e. The van der Waals surface area contributed by atoms with Gasteiger partial charge in [0.25, 0.3) is 0 Å². The van der Waals surface area contributed by atoms with Crippen LogP contribution < -0.4 is 15.8 Å². The second-order valence-electron chi connectivity index (χ2n) is 6.62. The lowest BCUT2D eigenvalue weighted by Gasteiger charge is -2.50. The second-order valence-corrected chi connectivity index (χ2v) is 6.62. The zero-order chi connectivity index (χ0) is 16.3. The van der Waals surface area contributed by atoms with Gasteiger partial charge in [-0.15, -0.1) is 0 Å². The zero-order valence-corrected chi connectivity index (χ0v) is 14.1. The van der Waals surface area contributed by atoms with Gasteiger partial charge in [0.1, 0.15) is 5.75 Å². The third-order valence-electron chi connectivity index (χ3n) is 4.20. The molecule has 5 heteroatoms. The molecule has 0 bridgehead atoms. The molecule has 122 valence electrons. The number of methoxy groups -OCH3 is 1. The van der Waals surface area contributed by atoms with Crippen molar-refractivity contribution >= 4 is 11.6 Å². The molecule has 0 heterocycles. The first kappa shape index (κ1) is 16.6. The van der Waals surface area contributed by atoms with E-state index >= 15 is 0 Å². The molecule has 1 aliphatic carbocycles. The van der Waals surface area contributed by atoms with E-state index in [0.29, 0.717) is 5.96 Å². The molecule has 0 aromatic heterocycles. The molecule has 1 aliphatic rings. The van der Waals surface area contributed by atoms with E-state index in [2.05, 4.69) is 38.0 Å². The number of ether oxygens (including phenoxy) is 2. The van der Waals surface area contributed by atoms with Crippen molar-refractivity contribution in [2.45, 2.75) is 52.4 Å². The molecule has 0 saturated heterocycles. The fraction of sp³-hybridized carbons (Fsp3) is 0.588. The number of hydrogen-bond acceptors (Lipinski definition) is 3. The molecule has 0 radical (unpaired) electrons. The zero-order valence-electron chi connectivity index (χ0n) is 14.1. The molecule has 2 rings (SSSR count). The standard InChI is InChI=1S/C17H27N3O2/c1-11(2)22-15-10-14(17(15,3)4)20-16(18)19-12-7-6-8-13(9-12)21-5/h6-9,11,14-15H,10H2,1-5H3,(H3,18,19,20). The summed E-state index contributed by atoms with van der Waals surface area (Å²) in [4.78, 5) is 4.61. The average molecular weight is 305 g/mol. The third-order valence-corrected chi connectivity index (χ3v) is 4.20. The number of nitrogens with two attached hydrogens (primary N) is 1. The van der Waals surface area contributed by atoms with Crippen LogP contribution in [-0.2, 0) is 4.74 Å². The molecule has 1 saturated carbocycles. The van der Waals surface area contributed by atoms with E-state index in [4.69, 9.17) is 15.2 Å². The van der Waals surface area contributed by atoms with Crippen LogP contribution in [0.3, 0.4) is 0 Å². The van der Waals surface area contributed by atoms with Gasteiger partial charge in [0, 0.05) is 17.2 Å². The Hall–Kier alpha value is -1.75. The van der Waals surface area contributed by atoms with Crippen LogP contribution in [-0.4, -0.2) is 31.3 Å². The lowest BCUT2D eigenvalue weighted by atomic mass is 9.64. The van der Waals surface area contributed by atoms with Crippen LogP contribution in [0.25, 0.3) is 0 Å². The predicted octanol–water partition coefficient (Wildman–Crippen LogP) is 3.01. The van der Waals surface area contributed by atoms with Gasteiger partial charge in [-0.2, -0.15) is 0 Å². The quantitative estimate of drug-likeness (QED) is 0.648. The van der Waals surface area contributed by atoms with Crippen LogP contribution in [0.15, 0.2) is 29.3 Å². The molecule has 0 amide bonds. The number of hydrogen-bond donors (Lipinski definition) is 2. The highest BCUT2D eigenvalue weighted by molar-refractivity contribution is 5.92. The van der Waals surface area contributed by atoms with E-state index in [1.54, 1.807) is 7.11 Å². The summed E-state index contributed by atoms with van der Waals surface area (Å²) in [6.07, 6.45) is 1.39. The van der Waals surface area contributed by atoms with Gasteiger partial charge < -0.3 is 20.5 Å². The second kappa shape index (κ2) is 6.57. The fourth-order valence-corrected chi connectivity index (χ4v) is 2.69. The van der Waals surface area contributed by atoms with Crippen LogP contribution in [0.5, 0.6) is 5.75 Å². The highest BCUT2D eigenvalue weighted by Gasteiger charge is 2.49. The van der Waals surface area contributed by atoms with Gasteiger partial charge in [0.05, 0.1) is 25.4 Å². The summed E-state index contributed by atoms with van der Waals surface area (Å²) in [6, 6.07) is 7.80. The highest BCUT2D eigenvalue weighted by atomic mass is 16.5. The van der Waals surface area contributed by atoms with Crippen molar-refractivity contribution in [1.82, 2.24) is 0 Å². The summed E-state index contributed by atoms with van der Waals surface area (Å²) in [5.74, 6) is 1.21. The molecule has 1 aromatic rings. The highest BCUT2D eigenvalue weighted by Crippen LogP contribution is 2.45. The van der Waals surface area contributed by atoms with Crippen LogP contribution in [0.4, 0.5) is 5.69 Å². The van der Waals surface area contributed by atoms with Gasteiger partial charge in [-0.1, -0.05) is 19.9 Å². The summed E-state index contributed by atoms with van der Waals surface area (Å²) in [5, 5.41) is 3.12. The molecule has 1 aromatic carbocycles. The Morgan fingerprint density at radius 1 is 1.41 bits per heavy atom. The summed E-state index contributed by atoms with van der Waals surface area (Å²) in [5.41, 5.74) is 6.91. The minimum atomic E-state index is 0.00491. The summed E-state index contributed by atoms with van der Waals surface area (Å²) >= 11 is 0. The third kappa shape index (κ3) is 3.71. The van der Waals surface area contributed by atoms with Gasteiger partial charge in [0.15, 0.2) is 5.96 Å². The van der Waals surface area contributed by atoms with Gasteiger partial charge in [-0.3, -0.25) is 0 Å². The molecular weight excluding hydrogens is 278 g/mol. The van der Waals surface area contributed by atoms with E-state index in [1.807, 2.05) is 24.3 Å². The maximum absolute atomic E-state index is 6.03. The molecule has 22 heavy (non-hydrogen) atoms. The molecule has 0 spiro atoms. The Labute approximate surface area is 132 Å². The Balaban J connectivity index is 1.98. The van der Waals surface area contributed by atoms with E-state index in [-0.39, 0.29) is 23.7 Å². The van der Waals surface area contributed by atoms with Crippen molar-refractivity contribution in [3.05, 3.63) is 24.3 Å². The monoisotopic (exact) mass is 305 g/mol. The van der Waals surface area contributed by atoms with Gasteiger partial charge in [-0.05, 0) is 32.4 Å². The predicted molar refractivity (Wildman–Crippen MR) is 90.4 cm³/mol. The minimum absolute atomic E-state index is 0.00491. The van der Waals surface area contributed by atoms with Crippen LogP contribution in [0, 0.1) is 5.41 Å². The Kier molecular flexibility index (Phi) is 4.96. The van der Waals surface area contributed by atoms with Crippen molar-refractivity contribution in [2.24, 2.45) is 16.1 Å². The molecule has 3 N–H and O–H groups in total. The molecule has 5 nitrogen and oxygen atoms in total. The van der Waals surface area contributed by atoms with Crippen molar-refractivity contribution in [1.29, 1.82) is 0 Å². The summed E-state index contributed by atoms with van der Waals surface area (Å²) in [7, 11) is 1.64. The number of nitrogens with zero attached hydrogens (tertiary/aromatic N) is 1. The van der Waals surface area contributed by atoms with E-state index in [9.17, 15) is 0 Å². The summed E-state index contributed by atoms with van der Waals surface area (Å²) < 4.78 is 11.1. The molecule has 0 aliphatic heterocycles. The maximum Gasteiger partial charge on any atom is 0.193 e. The van der Waals surface area contributed by atoms with Gasteiger partial charge in [-0.25, -0.2) is 4.99 Å². The topological polar surface area (TPSA) is 68.9 Å². The Bertz CT molecular complexity index is 540. The molecule has 2 unspecified atom stereocenters. The molecular formula is C17H27N3O2. The first-order valence-electron chi connectivity index (χ1n) is 7.72. The average Bonchev–Trinajstić information content (AvgIpc) is 2.46. The SMILES string of the molecule is COc1cccc(NC(N)=NC2CC(OC(C)C)C2(C)C)c1. The van der Waals surface area contributed by atoms with Gasteiger partial charge in [0.2, 0.25) is 0 Å². The van der Waals surface area contributed by atoms with Crippen molar-refractivity contribution < 1.29 is 9.47 Å². The number of aliphatic imine (C=N–C) groups is 1. The van der Waals surface area contributed by atoms with Crippen LogP contribution >= 0.6 is 0 Å². The van der Waals surface area contributed by atoms with E-state index in [1.165, 1.54) is 0 Å². The maximum atomic E-state index is 6.03. The number of rotatable bonds is 5. The first-order valence-corrected chi connectivity index (χ1v) is 7.72. The lowest BCUT2D eigenvalue weighted by molar-refractivity contribution is -0.129. The fourth-order valence-electron chi connectivity index (χ4n) is 2.69. The minimum Gasteiger partial charge on any atom is -0.497 e. The molecule has 1 fully saturated rings. The van der Waals surface area contributed by atoms with E-state index < -0.39 is 0 Å². The van der Waals surface area contributed by atoms with Gasteiger partial charge >= 0.3 is 0 Å². The lowest BCUT2D eigenvalue weighted by Crippen LogP contribution is -2.55. The number of anilines is 1. The Morgan fingerprint density at radius 3 is 2.73 bits per heavy atom. The Morgan fingerprint density at radius 2 is 2.14 bits per heavy atom. The van der Waals surface area contributed by atoms with Crippen LogP contribution in [0.1, 0.15) is 34.1 Å². The van der Waals surface area contributed by atoms with Crippen molar-refractivity contribution in [3.8, 4) is 5.75 Å². The number of benzene rings is 1. The normalized spacial score (nSPS) is 24.0. The molecule has 2 atom stereocenters. The number of nitrogens with one attached hydrogen (secondary N) is 1. The van der Waals surface area contributed by atoms with Crippen molar-refractivity contribution in [3.63, 3.8) is 0 Å². The summed E-state index contributed by atoms with van der Waals surface area (Å²) in [6.45, 7) is 8.48. The van der Waals surface area contributed by atoms with E-state index in [0.717, 1.165) is 17.9 Å². The first-order chi connectivity index (χ1) is 10.3. The van der Waals surface area contributed by atoms with Crippen LogP contribution in [0.2, 0.25) is 0 Å². The number of guanidine groups is 1. The largest absolute Gasteiger partial charge is 0.497 e. The van der Waals surface area contributed by atoms with Crippen molar-refractivity contribution in [2.75, 3.05) is 12.4 Å².